The fourth-order valence-corrected chi connectivity index (χ4v) is 5.80. The Morgan fingerprint density at radius 1 is 0.893 bits per heavy atom. The molecule has 1 atom stereocenters. The minimum Gasteiger partial charge on any atom is -0.121 e. The lowest BCUT2D eigenvalue weighted by atomic mass is 9.69. The summed E-state index contributed by atoms with van der Waals surface area (Å²) in [6, 6.07) is 18.0. The number of fused-ring (bicyclic) bond motifs is 9. The van der Waals surface area contributed by atoms with E-state index in [1.54, 1.807) is 0 Å². The van der Waals surface area contributed by atoms with Crippen LogP contribution in [0.15, 0.2) is 113 Å². The molecule has 1 spiro atoms. The second-order valence-corrected chi connectivity index (χ2v) is 8.21. The van der Waals surface area contributed by atoms with Crippen molar-refractivity contribution in [3.05, 3.63) is 124 Å². The SMILES string of the molecule is CC1CCC=CC2=C1C1=CC=C=CC=C1C21c2ccccc2-c2ccccc21. The first-order valence-electron chi connectivity index (χ1n) is 10.3. The van der Waals surface area contributed by atoms with Crippen LogP contribution in [-0.4, -0.2) is 0 Å². The van der Waals surface area contributed by atoms with Crippen molar-refractivity contribution in [2.75, 3.05) is 0 Å². The first-order valence-corrected chi connectivity index (χ1v) is 10.3. The summed E-state index contributed by atoms with van der Waals surface area (Å²) in [4.78, 5) is 0. The van der Waals surface area contributed by atoms with Gasteiger partial charge in [0.05, 0.1) is 5.41 Å². The van der Waals surface area contributed by atoms with Crippen LogP contribution in [0.25, 0.3) is 11.1 Å². The molecule has 134 valence electrons. The Morgan fingerprint density at radius 2 is 1.57 bits per heavy atom. The molecule has 2 aromatic carbocycles. The van der Waals surface area contributed by atoms with E-state index in [9.17, 15) is 0 Å². The Kier molecular flexibility index (Phi) is 3.25. The average Bonchev–Trinajstić information content (AvgIpc) is 2.92. The van der Waals surface area contributed by atoms with Gasteiger partial charge in [-0.05, 0) is 87.6 Å². The molecule has 2 aromatic rings. The van der Waals surface area contributed by atoms with Crippen molar-refractivity contribution in [2.45, 2.75) is 25.2 Å². The van der Waals surface area contributed by atoms with Gasteiger partial charge in [-0.2, -0.15) is 0 Å². The largest absolute Gasteiger partial charge is 0.121 e. The third-order valence-electron chi connectivity index (χ3n) is 6.87. The predicted octanol–water partition coefficient (Wildman–Crippen LogP) is 6.83. The van der Waals surface area contributed by atoms with Gasteiger partial charge < -0.3 is 0 Å². The van der Waals surface area contributed by atoms with Gasteiger partial charge in [0.15, 0.2) is 0 Å². The minimum absolute atomic E-state index is 0.209. The molecule has 0 heteroatoms. The zero-order valence-corrected chi connectivity index (χ0v) is 16.1. The summed E-state index contributed by atoms with van der Waals surface area (Å²) in [5.41, 5.74) is 14.5. The van der Waals surface area contributed by atoms with Gasteiger partial charge in [0, 0.05) is 0 Å². The third-order valence-corrected chi connectivity index (χ3v) is 6.87. The van der Waals surface area contributed by atoms with Gasteiger partial charge in [0.2, 0.25) is 0 Å². The fourth-order valence-electron chi connectivity index (χ4n) is 5.80. The Hall–Kier alpha value is -3.08. The molecule has 0 bridgehead atoms. The van der Waals surface area contributed by atoms with Gasteiger partial charge in [-0.1, -0.05) is 67.6 Å². The molecule has 0 aliphatic heterocycles. The molecule has 0 aromatic heterocycles. The first kappa shape index (κ1) is 15.9. The Bertz CT molecular complexity index is 1160. The van der Waals surface area contributed by atoms with Crippen LogP contribution in [0.1, 0.15) is 30.9 Å². The zero-order valence-electron chi connectivity index (χ0n) is 16.1. The highest BCUT2D eigenvalue weighted by Crippen LogP contribution is 2.64. The molecule has 0 saturated carbocycles. The Balaban J connectivity index is 1.82. The molecule has 0 fully saturated rings. The highest BCUT2D eigenvalue weighted by atomic mass is 14.6. The molecule has 28 heavy (non-hydrogen) atoms. The molecular formula is C28H22. The molecule has 0 amide bonds. The summed E-state index contributed by atoms with van der Waals surface area (Å²) in [5.74, 6) is 0.547. The summed E-state index contributed by atoms with van der Waals surface area (Å²) >= 11 is 0. The van der Waals surface area contributed by atoms with Gasteiger partial charge in [-0.3, -0.25) is 0 Å². The lowest BCUT2D eigenvalue weighted by Crippen LogP contribution is -2.27. The van der Waals surface area contributed by atoms with E-state index in [1.807, 2.05) is 0 Å². The summed E-state index contributed by atoms with van der Waals surface area (Å²) < 4.78 is 0. The van der Waals surface area contributed by atoms with Crippen molar-refractivity contribution >= 4 is 0 Å². The van der Waals surface area contributed by atoms with Crippen molar-refractivity contribution in [1.82, 2.24) is 0 Å². The lowest BCUT2D eigenvalue weighted by Gasteiger charge is -2.32. The lowest BCUT2D eigenvalue weighted by molar-refractivity contribution is 0.633. The molecule has 0 N–H and O–H groups in total. The second kappa shape index (κ2) is 5.71. The smallest absolute Gasteiger partial charge is 0.0722 e. The van der Waals surface area contributed by atoms with Crippen LogP contribution in [0.5, 0.6) is 0 Å². The van der Waals surface area contributed by atoms with Gasteiger partial charge in [0.1, 0.15) is 0 Å². The molecular weight excluding hydrogens is 336 g/mol. The quantitative estimate of drug-likeness (QED) is 0.453. The highest BCUT2D eigenvalue weighted by Gasteiger charge is 2.54. The van der Waals surface area contributed by atoms with E-state index in [4.69, 9.17) is 0 Å². The van der Waals surface area contributed by atoms with Crippen LogP contribution in [0.3, 0.4) is 0 Å². The number of benzene rings is 2. The highest BCUT2D eigenvalue weighted by molar-refractivity contribution is 5.91. The van der Waals surface area contributed by atoms with Crippen molar-refractivity contribution < 1.29 is 0 Å². The number of hydrogen-bond donors (Lipinski definition) is 0. The Morgan fingerprint density at radius 3 is 2.32 bits per heavy atom. The molecule has 6 rings (SSSR count). The summed E-state index contributed by atoms with van der Waals surface area (Å²) in [7, 11) is 0. The maximum atomic E-state index is 3.31. The zero-order chi connectivity index (χ0) is 18.7. The molecule has 4 aliphatic rings. The van der Waals surface area contributed by atoms with E-state index >= 15 is 0 Å². The topological polar surface area (TPSA) is 0 Å². The van der Waals surface area contributed by atoms with Gasteiger partial charge >= 0.3 is 0 Å². The van der Waals surface area contributed by atoms with Crippen LogP contribution in [-0.2, 0) is 5.41 Å². The molecule has 0 heterocycles. The molecule has 0 nitrogen and oxygen atoms in total. The van der Waals surface area contributed by atoms with Crippen molar-refractivity contribution in [2.24, 2.45) is 5.92 Å². The van der Waals surface area contributed by atoms with Crippen LogP contribution >= 0.6 is 0 Å². The number of hydrogen-bond acceptors (Lipinski definition) is 0. The van der Waals surface area contributed by atoms with Gasteiger partial charge in [0.25, 0.3) is 0 Å². The van der Waals surface area contributed by atoms with E-state index in [-0.39, 0.29) is 5.41 Å². The average molecular weight is 358 g/mol. The van der Waals surface area contributed by atoms with E-state index in [1.165, 1.54) is 51.0 Å². The second-order valence-electron chi connectivity index (χ2n) is 8.21. The van der Waals surface area contributed by atoms with E-state index in [2.05, 4.69) is 97.6 Å². The molecule has 4 aliphatic carbocycles. The summed E-state index contributed by atoms with van der Waals surface area (Å²) in [5, 5.41) is 0. The van der Waals surface area contributed by atoms with Crippen LogP contribution in [0, 0.1) is 5.92 Å². The van der Waals surface area contributed by atoms with Crippen LogP contribution in [0.2, 0.25) is 0 Å². The summed E-state index contributed by atoms with van der Waals surface area (Å²) in [6.07, 6.45) is 15.9. The van der Waals surface area contributed by atoms with Crippen molar-refractivity contribution in [1.29, 1.82) is 0 Å². The van der Waals surface area contributed by atoms with Crippen molar-refractivity contribution in [3.8, 4) is 11.1 Å². The summed E-state index contributed by atoms with van der Waals surface area (Å²) in [6.45, 7) is 2.40. The van der Waals surface area contributed by atoms with E-state index in [0.29, 0.717) is 5.92 Å². The monoisotopic (exact) mass is 358 g/mol. The third kappa shape index (κ3) is 1.81. The van der Waals surface area contributed by atoms with Crippen LogP contribution < -0.4 is 0 Å². The van der Waals surface area contributed by atoms with Gasteiger partial charge in [-0.25, -0.2) is 0 Å². The molecule has 1 unspecified atom stereocenters. The fraction of sp³-hybridized carbons (Fsp3) is 0.179. The number of rotatable bonds is 0. The molecule has 0 radical (unpaired) electrons. The number of allylic oxidation sites excluding steroid dienone is 9. The first-order chi connectivity index (χ1) is 13.8. The van der Waals surface area contributed by atoms with Gasteiger partial charge in [-0.15, -0.1) is 5.73 Å². The predicted molar refractivity (Wildman–Crippen MR) is 116 cm³/mol. The van der Waals surface area contributed by atoms with Crippen LogP contribution in [0.4, 0.5) is 0 Å². The van der Waals surface area contributed by atoms with E-state index < -0.39 is 0 Å². The van der Waals surface area contributed by atoms with E-state index in [0.717, 1.165) is 6.42 Å². The maximum Gasteiger partial charge on any atom is 0.0722 e. The minimum atomic E-state index is -0.209. The maximum absolute atomic E-state index is 3.31. The normalized spacial score (nSPS) is 22.8. The van der Waals surface area contributed by atoms with Crippen molar-refractivity contribution in [3.63, 3.8) is 0 Å². The molecule has 0 saturated heterocycles. The standard InChI is InChI=1S/C28H22/c1-19-11-5-8-18-26-27(19)22-14-3-2-4-15-25(22)28(26)23-16-9-6-12-20(23)21-13-7-10-17-24(21)28/h3-4,6-10,12-19H,5,11H2,1H3. The Labute approximate surface area is 166 Å².